The molecule has 0 amide bonds. The van der Waals surface area contributed by atoms with E-state index in [1.54, 1.807) is 12.1 Å². The molecule has 5 heteroatoms. The first-order chi connectivity index (χ1) is 3.93. The predicted octanol–water partition coefficient (Wildman–Crippen LogP) is 0.331. The van der Waals surface area contributed by atoms with E-state index in [4.69, 9.17) is 5.39 Å². The van der Waals surface area contributed by atoms with Gasteiger partial charge in [-0.05, 0) is 0 Å². The molecule has 0 N–H and O–H groups in total. The van der Waals surface area contributed by atoms with Crippen molar-refractivity contribution < 1.29 is 17.0 Å². The SMILES string of the molecule is Br.Br.N#[N+]c1ccccc1.[Br-]. The minimum absolute atomic E-state index is 0. The summed E-state index contributed by atoms with van der Waals surface area (Å²) >= 11 is 0. The molecule has 1 aromatic carbocycles. The summed E-state index contributed by atoms with van der Waals surface area (Å²) in [6.45, 7) is 0. The first-order valence-corrected chi connectivity index (χ1v) is 2.33. The van der Waals surface area contributed by atoms with E-state index in [-0.39, 0.29) is 50.9 Å². The molecule has 0 spiro atoms. The van der Waals surface area contributed by atoms with E-state index < -0.39 is 0 Å². The molecule has 0 atom stereocenters. The molecule has 0 saturated carbocycles. The van der Waals surface area contributed by atoms with E-state index in [2.05, 4.69) is 4.98 Å². The highest BCUT2D eigenvalue weighted by Crippen LogP contribution is 2.07. The van der Waals surface area contributed by atoms with Gasteiger partial charge in [0.15, 0.2) is 4.98 Å². The smallest absolute Gasteiger partial charge is 0.385 e. The minimum Gasteiger partial charge on any atom is -1.00 e. The van der Waals surface area contributed by atoms with Crippen LogP contribution in [0.3, 0.4) is 0 Å². The highest BCUT2D eigenvalue weighted by atomic mass is 79.9. The van der Waals surface area contributed by atoms with Gasteiger partial charge in [0.1, 0.15) is 0 Å². The lowest BCUT2D eigenvalue weighted by atomic mass is 10.3. The van der Waals surface area contributed by atoms with Crippen LogP contribution in [0, 0.1) is 5.39 Å². The van der Waals surface area contributed by atoms with Crippen LogP contribution in [0.2, 0.25) is 0 Å². The molecule has 0 bridgehead atoms. The molecule has 0 unspecified atom stereocenters. The Bertz CT molecular complexity index is 207. The fourth-order valence-corrected chi connectivity index (χ4v) is 0.495. The maximum Gasteiger partial charge on any atom is 0.385 e. The van der Waals surface area contributed by atoms with Crippen molar-refractivity contribution in [3.05, 3.63) is 35.3 Å². The maximum absolute atomic E-state index is 8.16. The number of nitrogens with zero attached hydrogens (tertiary/aromatic N) is 2. The molecule has 0 aromatic heterocycles. The second kappa shape index (κ2) is 10.1. The minimum atomic E-state index is 0. The standard InChI is InChI=1S/C6H5N2.3BrH/c7-8-6-4-2-1-3-5-6;;;/h1-5H;3*1H/q+1;;;/p-1. The van der Waals surface area contributed by atoms with Crippen molar-refractivity contribution in [2.75, 3.05) is 0 Å². The van der Waals surface area contributed by atoms with E-state index in [0.29, 0.717) is 5.69 Å². The van der Waals surface area contributed by atoms with Gasteiger partial charge in [0, 0.05) is 12.1 Å². The molecule has 0 aliphatic heterocycles. The summed E-state index contributed by atoms with van der Waals surface area (Å²) < 4.78 is 0. The van der Waals surface area contributed by atoms with Crippen LogP contribution in [0.25, 0.3) is 4.98 Å². The Balaban J connectivity index is -0.000000213. The predicted molar refractivity (Wildman–Crippen MR) is 51.8 cm³/mol. The molecule has 2 nitrogen and oxygen atoms in total. The third kappa shape index (κ3) is 6.48. The van der Waals surface area contributed by atoms with Crippen molar-refractivity contribution in [3.63, 3.8) is 0 Å². The van der Waals surface area contributed by atoms with Gasteiger partial charge in [0.25, 0.3) is 0 Å². The lowest BCUT2D eigenvalue weighted by Crippen LogP contribution is -3.00. The highest BCUT2D eigenvalue weighted by Gasteiger charge is 1.95. The van der Waals surface area contributed by atoms with Gasteiger partial charge >= 0.3 is 5.69 Å². The topological polar surface area (TPSA) is 28.1 Å². The molecule has 0 saturated heterocycles. The average molecular weight is 347 g/mol. The van der Waals surface area contributed by atoms with Crippen molar-refractivity contribution in [1.82, 2.24) is 0 Å². The van der Waals surface area contributed by atoms with Gasteiger partial charge in [-0.1, -0.05) is 18.2 Å². The van der Waals surface area contributed by atoms with Gasteiger partial charge in [-0.3, -0.25) is 0 Å². The third-order valence-electron chi connectivity index (χ3n) is 0.872. The lowest BCUT2D eigenvalue weighted by molar-refractivity contribution is -0.00000207. The van der Waals surface area contributed by atoms with Crippen molar-refractivity contribution >= 4 is 39.7 Å². The summed E-state index contributed by atoms with van der Waals surface area (Å²) in [5.41, 5.74) is 0.590. The molecule has 1 rings (SSSR count). The summed E-state index contributed by atoms with van der Waals surface area (Å²) in [5.74, 6) is 0. The highest BCUT2D eigenvalue weighted by molar-refractivity contribution is 8.93. The average Bonchev–Trinajstić information content (AvgIpc) is 1.90. The van der Waals surface area contributed by atoms with Crippen molar-refractivity contribution in [2.45, 2.75) is 0 Å². The molecule has 0 fully saturated rings. The molecule has 62 valence electrons. The zero-order valence-corrected chi connectivity index (χ0v) is 10.5. The van der Waals surface area contributed by atoms with Crippen LogP contribution < -0.4 is 17.0 Å². The Kier molecular flexibility index (Phi) is 15.8. The van der Waals surface area contributed by atoms with Crippen LogP contribution in [0.4, 0.5) is 5.69 Å². The Morgan fingerprint density at radius 2 is 1.45 bits per heavy atom. The van der Waals surface area contributed by atoms with Gasteiger partial charge in [-0.15, -0.1) is 34.0 Å². The van der Waals surface area contributed by atoms with Crippen LogP contribution in [0.1, 0.15) is 0 Å². The lowest BCUT2D eigenvalue weighted by Gasteiger charge is -1.69. The molecule has 0 aliphatic rings. The second-order valence-electron chi connectivity index (χ2n) is 1.44. The molecule has 0 heterocycles. The maximum atomic E-state index is 8.16. The van der Waals surface area contributed by atoms with Crippen molar-refractivity contribution in [1.29, 1.82) is 5.39 Å². The summed E-state index contributed by atoms with van der Waals surface area (Å²) in [5, 5.41) is 8.16. The molecule has 1 aromatic rings. The number of hydrogen-bond acceptors (Lipinski definition) is 1. The Hall–Kier alpha value is 0.0800. The molecular formula is C6H7Br3N2. The first-order valence-electron chi connectivity index (χ1n) is 2.33. The first kappa shape index (κ1) is 17.2. The number of benzene rings is 1. The fraction of sp³-hybridized carbons (Fsp3) is 0. The van der Waals surface area contributed by atoms with Gasteiger partial charge in [0.2, 0.25) is 5.39 Å². The zero-order chi connectivity index (χ0) is 5.82. The third-order valence-corrected chi connectivity index (χ3v) is 0.872. The summed E-state index contributed by atoms with van der Waals surface area (Å²) in [4.78, 5) is 2.97. The summed E-state index contributed by atoms with van der Waals surface area (Å²) in [6.07, 6.45) is 0. The summed E-state index contributed by atoms with van der Waals surface area (Å²) in [7, 11) is 0. The quantitative estimate of drug-likeness (QED) is 0.622. The van der Waals surface area contributed by atoms with Gasteiger partial charge < -0.3 is 17.0 Å². The van der Waals surface area contributed by atoms with Crippen LogP contribution in [0.15, 0.2) is 30.3 Å². The Morgan fingerprint density at radius 1 is 1.00 bits per heavy atom. The second-order valence-corrected chi connectivity index (χ2v) is 1.44. The van der Waals surface area contributed by atoms with E-state index in [0.717, 1.165) is 0 Å². The number of halogens is 3. The normalized spacial score (nSPS) is 5.73. The Morgan fingerprint density at radius 3 is 1.73 bits per heavy atom. The monoisotopic (exact) mass is 344 g/mol. The van der Waals surface area contributed by atoms with Crippen molar-refractivity contribution in [3.8, 4) is 0 Å². The number of hydrogen-bond donors (Lipinski definition) is 0. The van der Waals surface area contributed by atoms with Crippen LogP contribution >= 0.6 is 34.0 Å². The van der Waals surface area contributed by atoms with E-state index in [1.807, 2.05) is 18.2 Å². The zero-order valence-electron chi connectivity index (χ0n) is 5.48. The van der Waals surface area contributed by atoms with E-state index >= 15 is 0 Å². The van der Waals surface area contributed by atoms with Crippen LogP contribution in [0.5, 0.6) is 0 Å². The molecule has 0 aliphatic carbocycles. The van der Waals surface area contributed by atoms with Crippen LogP contribution in [-0.2, 0) is 0 Å². The van der Waals surface area contributed by atoms with Crippen molar-refractivity contribution in [2.24, 2.45) is 0 Å². The van der Waals surface area contributed by atoms with E-state index in [9.17, 15) is 0 Å². The molecule has 11 heavy (non-hydrogen) atoms. The number of diazo groups is 1. The largest absolute Gasteiger partial charge is 1.00 e. The van der Waals surface area contributed by atoms with Gasteiger partial charge in [-0.2, -0.15) is 0 Å². The Labute approximate surface area is 96.9 Å². The van der Waals surface area contributed by atoms with Gasteiger partial charge in [0.05, 0.1) is 0 Å². The fourth-order valence-electron chi connectivity index (χ4n) is 0.495. The van der Waals surface area contributed by atoms with Gasteiger partial charge in [-0.25, -0.2) is 0 Å². The summed E-state index contributed by atoms with van der Waals surface area (Å²) in [6, 6.07) is 8.94. The molecule has 0 radical (unpaired) electrons. The molecular weight excluding hydrogens is 340 g/mol. The van der Waals surface area contributed by atoms with E-state index in [1.165, 1.54) is 0 Å². The number of rotatable bonds is 0. The van der Waals surface area contributed by atoms with Crippen LogP contribution in [-0.4, -0.2) is 0 Å².